The smallest absolute Gasteiger partial charge is 0.326 e. The molecule has 1 unspecified atom stereocenters. The first kappa shape index (κ1) is 11.4. The van der Waals surface area contributed by atoms with E-state index in [0.29, 0.717) is 12.5 Å². The molecule has 1 heterocycles. The van der Waals surface area contributed by atoms with Gasteiger partial charge in [0.2, 0.25) is 0 Å². The Morgan fingerprint density at radius 2 is 2.19 bits per heavy atom. The third-order valence-corrected chi connectivity index (χ3v) is 3.53. The third kappa shape index (κ3) is 2.35. The second kappa shape index (κ2) is 4.82. The normalized spacial score (nSPS) is 19.9. The standard InChI is InChI=1S/C11H20N4O/c1-14-8-13-15(11(14)16)7-10(12)9-5-3-2-4-6-9/h8-10H,2-7,12H2,1H3. The molecule has 0 amide bonds. The highest BCUT2D eigenvalue weighted by atomic mass is 16.2. The summed E-state index contributed by atoms with van der Waals surface area (Å²) in [5.41, 5.74) is 6.07. The fraction of sp³-hybridized carbons (Fsp3) is 0.818. The molecular weight excluding hydrogens is 204 g/mol. The van der Waals surface area contributed by atoms with Crippen molar-refractivity contribution in [1.82, 2.24) is 14.3 Å². The maximum absolute atomic E-state index is 11.6. The van der Waals surface area contributed by atoms with E-state index in [-0.39, 0.29) is 11.7 Å². The van der Waals surface area contributed by atoms with E-state index in [9.17, 15) is 4.79 Å². The predicted molar refractivity (Wildman–Crippen MR) is 62.0 cm³/mol. The lowest BCUT2D eigenvalue weighted by molar-refractivity contribution is 0.277. The summed E-state index contributed by atoms with van der Waals surface area (Å²) in [6, 6.07) is 0.0629. The maximum atomic E-state index is 11.6. The van der Waals surface area contributed by atoms with E-state index in [1.54, 1.807) is 7.05 Å². The maximum Gasteiger partial charge on any atom is 0.345 e. The molecule has 0 saturated heterocycles. The van der Waals surface area contributed by atoms with Crippen LogP contribution >= 0.6 is 0 Å². The van der Waals surface area contributed by atoms with E-state index in [1.165, 1.54) is 47.7 Å². The Morgan fingerprint density at radius 1 is 1.50 bits per heavy atom. The Bertz CT molecular complexity index is 389. The summed E-state index contributed by atoms with van der Waals surface area (Å²) in [6.45, 7) is 0.546. The molecule has 90 valence electrons. The summed E-state index contributed by atoms with van der Waals surface area (Å²) in [4.78, 5) is 11.6. The van der Waals surface area contributed by atoms with Gasteiger partial charge in [0.15, 0.2) is 0 Å². The molecule has 0 aromatic carbocycles. The highest BCUT2D eigenvalue weighted by molar-refractivity contribution is 4.78. The van der Waals surface area contributed by atoms with Crippen LogP contribution in [0.5, 0.6) is 0 Å². The molecule has 1 aliphatic carbocycles. The minimum Gasteiger partial charge on any atom is -0.326 e. The highest BCUT2D eigenvalue weighted by Crippen LogP contribution is 2.25. The van der Waals surface area contributed by atoms with Crippen LogP contribution in [0, 0.1) is 5.92 Å². The first-order valence-corrected chi connectivity index (χ1v) is 6.02. The van der Waals surface area contributed by atoms with Crippen molar-refractivity contribution >= 4 is 0 Å². The minimum absolute atomic E-state index is 0.0629. The van der Waals surface area contributed by atoms with Crippen LogP contribution in [0.3, 0.4) is 0 Å². The summed E-state index contributed by atoms with van der Waals surface area (Å²) in [7, 11) is 1.71. The minimum atomic E-state index is -0.0775. The van der Waals surface area contributed by atoms with Crippen molar-refractivity contribution in [3.8, 4) is 0 Å². The number of nitrogens with zero attached hydrogens (tertiary/aromatic N) is 3. The van der Waals surface area contributed by atoms with E-state index in [1.807, 2.05) is 0 Å². The molecule has 1 aromatic rings. The lowest BCUT2D eigenvalue weighted by Crippen LogP contribution is -2.39. The van der Waals surface area contributed by atoms with Gasteiger partial charge in [0.25, 0.3) is 0 Å². The number of hydrogen-bond donors (Lipinski definition) is 1. The molecule has 2 N–H and O–H groups in total. The molecular formula is C11H20N4O. The fourth-order valence-corrected chi connectivity index (χ4v) is 2.46. The number of nitrogens with two attached hydrogens (primary N) is 1. The molecule has 0 bridgehead atoms. The van der Waals surface area contributed by atoms with Crippen molar-refractivity contribution in [1.29, 1.82) is 0 Å². The van der Waals surface area contributed by atoms with Crippen LogP contribution < -0.4 is 11.4 Å². The number of aryl methyl sites for hydroxylation is 1. The van der Waals surface area contributed by atoms with Crippen LogP contribution in [-0.2, 0) is 13.6 Å². The van der Waals surface area contributed by atoms with Gasteiger partial charge in [0.05, 0.1) is 6.54 Å². The molecule has 1 atom stereocenters. The quantitative estimate of drug-likeness (QED) is 0.812. The largest absolute Gasteiger partial charge is 0.345 e. The summed E-state index contributed by atoms with van der Waals surface area (Å²) >= 11 is 0. The van der Waals surface area contributed by atoms with Gasteiger partial charge in [-0.15, -0.1) is 0 Å². The third-order valence-electron chi connectivity index (χ3n) is 3.53. The van der Waals surface area contributed by atoms with Crippen LogP contribution in [0.1, 0.15) is 32.1 Å². The number of aromatic nitrogens is 3. The van der Waals surface area contributed by atoms with Crippen LogP contribution in [0.4, 0.5) is 0 Å². The summed E-state index contributed by atoms with van der Waals surface area (Å²) < 4.78 is 2.95. The lowest BCUT2D eigenvalue weighted by atomic mass is 9.84. The summed E-state index contributed by atoms with van der Waals surface area (Å²) in [5, 5.41) is 4.04. The predicted octanol–water partition coefficient (Wildman–Crippen LogP) is 0.489. The van der Waals surface area contributed by atoms with E-state index >= 15 is 0 Å². The molecule has 5 nitrogen and oxygen atoms in total. The Kier molecular flexibility index (Phi) is 3.43. The van der Waals surface area contributed by atoms with Gasteiger partial charge in [-0.3, -0.25) is 4.57 Å². The van der Waals surface area contributed by atoms with Crippen LogP contribution in [0.25, 0.3) is 0 Å². The Balaban J connectivity index is 1.98. The van der Waals surface area contributed by atoms with E-state index in [4.69, 9.17) is 5.73 Å². The molecule has 1 aliphatic rings. The second-order valence-electron chi connectivity index (χ2n) is 4.77. The molecule has 0 aliphatic heterocycles. The van der Waals surface area contributed by atoms with Crippen molar-refractivity contribution in [2.45, 2.75) is 44.7 Å². The van der Waals surface area contributed by atoms with Crippen molar-refractivity contribution in [3.05, 3.63) is 16.8 Å². The first-order valence-electron chi connectivity index (χ1n) is 6.02. The first-order chi connectivity index (χ1) is 7.68. The molecule has 2 rings (SSSR count). The van der Waals surface area contributed by atoms with Crippen LogP contribution in [0.15, 0.2) is 11.1 Å². The zero-order valence-corrected chi connectivity index (χ0v) is 9.80. The summed E-state index contributed by atoms with van der Waals surface area (Å²) in [6.07, 6.45) is 7.80. The molecule has 5 heteroatoms. The zero-order valence-electron chi connectivity index (χ0n) is 9.80. The van der Waals surface area contributed by atoms with E-state index in [0.717, 1.165) is 0 Å². The Hall–Kier alpha value is -1.10. The topological polar surface area (TPSA) is 65.8 Å². The van der Waals surface area contributed by atoms with Crippen LogP contribution in [-0.4, -0.2) is 20.4 Å². The Morgan fingerprint density at radius 3 is 2.75 bits per heavy atom. The average Bonchev–Trinajstić information content (AvgIpc) is 2.62. The van der Waals surface area contributed by atoms with Crippen molar-refractivity contribution in [2.24, 2.45) is 18.7 Å². The number of hydrogen-bond acceptors (Lipinski definition) is 3. The molecule has 0 radical (unpaired) electrons. The van der Waals surface area contributed by atoms with Gasteiger partial charge in [0, 0.05) is 13.1 Å². The Labute approximate surface area is 95.2 Å². The molecule has 0 spiro atoms. The van der Waals surface area contributed by atoms with Gasteiger partial charge < -0.3 is 5.73 Å². The molecule has 16 heavy (non-hydrogen) atoms. The van der Waals surface area contributed by atoms with E-state index < -0.39 is 0 Å². The average molecular weight is 224 g/mol. The van der Waals surface area contributed by atoms with Gasteiger partial charge in [-0.2, -0.15) is 5.10 Å². The molecule has 1 fully saturated rings. The monoisotopic (exact) mass is 224 g/mol. The van der Waals surface area contributed by atoms with Crippen molar-refractivity contribution in [2.75, 3.05) is 0 Å². The highest BCUT2D eigenvalue weighted by Gasteiger charge is 2.21. The van der Waals surface area contributed by atoms with Gasteiger partial charge in [-0.25, -0.2) is 9.48 Å². The van der Waals surface area contributed by atoms with E-state index in [2.05, 4.69) is 5.10 Å². The fourth-order valence-electron chi connectivity index (χ4n) is 2.46. The molecule has 1 saturated carbocycles. The SMILES string of the molecule is Cn1cnn(CC(N)C2CCCCC2)c1=O. The second-order valence-corrected chi connectivity index (χ2v) is 4.77. The van der Waals surface area contributed by atoms with Crippen molar-refractivity contribution in [3.63, 3.8) is 0 Å². The van der Waals surface area contributed by atoms with Crippen molar-refractivity contribution < 1.29 is 0 Å². The summed E-state index contributed by atoms with van der Waals surface area (Å²) in [5.74, 6) is 0.558. The number of rotatable bonds is 3. The van der Waals surface area contributed by atoms with Gasteiger partial charge in [-0.1, -0.05) is 19.3 Å². The van der Waals surface area contributed by atoms with Gasteiger partial charge in [0.1, 0.15) is 6.33 Å². The van der Waals surface area contributed by atoms with Gasteiger partial charge >= 0.3 is 5.69 Å². The van der Waals surface area contributed by atoms with Crippen LogP contribution in [0.2, 0.25) is 0 Å². The van der Waals surface area contributed by atoms with Gasteiger partial charge in [-0.05, 0) is 18.8 Å². The lowest BCUT2D eigenvalue weighted by Gasteiger charge is -2.27. The molecule has 1 aromatic heterocycles. The zero-order chi connectivity index (χ0) is 11.5.